The van der Waals surface area contributed by atoms with Crippen molar-refractivity contribution in [1.82, 2.24) is 0 Å². The van der Waals surface area contributed by atoms with Gasteiger partial charge in [0, 0.05) is 10.8 Å². The monoisotopic (exact) mass is 526 g/mol. The van der Waals surface area contributed by atoms with E-state index in [4.69, 9.17) is 0 Å². The maximum absolute atomic E-state index is 13.7. The van der Waals surface area contributed by atoms with Crippen molar-refractivity contribution in [3.05, 3.63) is 101 Å². The zero-order valence-corrected chi connectivity index (χ0v) is 24.6. The second-order valence-electron chi connectivity index (χ2n) is 10.8. The zero-order valence-electron chi connectivity index (χ0n) is 24.6. The van der Waals surface area contributed by atoms with Crippen LogP contribution in [-0.4, -0.2) is 13.3 Å². The Balaban J connectivity index is 0.000000845. The standard InChI is InChI=1S/C33H32F2.2C2H6/c1-32(2)28-17-14-22-10-6-7-11-23(22)29(28)26-16-15-25-24-12-4-3-5-13-27(24)33(18-8-20-34,19-9-21-35)31(25)30(26)32;2*1-2/h3,5-7,10-17H,4,8-9,18-21H2,1-2H3;2*1-2H3. The van der Waals surface area contributed by atoms with Crippen LogP contribution in [0.1, 0.15) is 95.9 Å². The molecule has 0 amide bonds. The third kappa shape index (κ3) is 4.50. The normalized spacial score (nSPS) is 16.8. The number of benzene rings is 3. The van der Waals surface area contributed by atoms with Gasteiger partial charge in [-0.15, -0.1) is 0 Å². The van der Waals surface area contributed by atoms with E-state index in [1.54, 1.807) is 0 Å². The summed E-state index contributed by atoms with van der Waals surface area (Å²) in [5, 5.41) is 2.53. The van der Waals surface area contributed by atoms with E-state index in [1.807, 2.05) is 27.7 Å². The second kappa shape index (κ2) is 12.0. The van der Waals surface area contributed by atoms with Crippen LogP contribution in [0, 0.1) is 0 Å². The van der Waals surface area contributed by atoms with Gasteiger partial charge >= 0.3 is 0 Å². The van der Waals surface area contributed by atoms with Crippen LogP contribution in [0.25, 0.3) is 27.5 Å². The largest absolute Gasteiger partial charge is 0.251 e. The Labute approximate surface area is 234 Å². The SMILES string of the molecule is CC.CC.CC1(C)c2ccc3ccccc3c2-c2ccc3c(c21)C(CCCF)(CCCF)C1=CC=CCC=C13. The molecule has 3 aliphatic carbocycles. The molecule has 39 heavy (non-hydrogen) atoms. The predicted molar refractivity (Wildman–Crippen MR) is 166 cm³/mol. The summed E-state index contributed by atoms with van der Waals surface area (Å²) in [6.45, 7) is 12.0. The van der Waals surface area contributed by atoms with Crippen molar-refractivity contribution in [3.8, 4) is 11.1 Å². The minimum atomic E-state index is -0.367. The maximum atomic E-state index is 13.7. The summed E-state index contributed by atoms with van der Waals surface area (Å²) >= 11 is 0. The molecule has 2 heteroatoms. The molecule has 0 radical (unpaired) electrons. The fraction of sp³-hybridized carbons (Fsp3) is 0.405. The minimum Gasteiger partial charge on any atom is -0.251 e. The van der Waals surface area contributed by atoms with Crippen LogP contribution in [0.3, 0.4) is 0 Å². The van der Waals surface area contributed by atoms with Crippen molar-refractivity contribution >= 4 is 16.3 Å². The van der Waals surface area contributed by atoms with Crippen LogP contribution in [0.5, 0.6) is 0 Å². The lowest BCUT2D eigenvalue weighted by Gasteiger charge is -2.36. The molecule has 0 unspecified atom stereocenters. The molecule has 0 aliphatic heterocycles. The molecule has 0 saturated heterocycles. The van der Waals surface area contributed by atoms with E-state index in [9.17, 15) is 8.78 Å². The molecule has 0 aromatic heterocycles. The molecule has 3 aromatic rings. The highest BCUT2D eigenvalue weighted by atomic mass is 19.1. The smallest absolute Gasteiger partial charge is 0.0894 e. The van der Waals surface area contributed by atoms with Crippen LogP contribution in [0.15, 0.2) is 78.4 Å². The molecule has 3 aromatic carbocycles. The molecule has 0 saturated carbocycles. The summed E-state index contributed by atoms with van der Waals surface area (Å²) < 4.78 is 27.4. The number of fused-ring (bicyclic) bond motifs is 9. The summed E-state index contributed by atoms with van der Waals surface area (Å²) in [7, 11) is 0. The summed E-state index contributed by atoms with van der Waals surface area (Å²) in [5.74, 6) is 0. The average molecular weight is 527 g/mol. The van der Waals surface area contributed by atoms with Crippen molar-refractivity contribution in [2.75, 3.05) is 13.3 Å². The fourth-order valence-corrected chi connectivity index (χ4v) is 7.22. The van der Waals surface area contributed by atoms with Gasteiger partial charge < -0.3 is 0 Å². The van der Waals surface area contributed by atoms with Crippen molar-refractivity contribution < 1.29 is 8.78 Å². The third-order valence-corrected chi connectivity index (χ3v) is 8.61. The van der Waals surface area contributed by atoms with Crippen molar-refractivity contribution in [2.24, 2.45) is 0 Å². The Morgan fingerprint density at radius 1 is 0.769 bits per heavy atom. The Morgan fingerprint density at radius 3 is 2.13 bits per heavy atom. The van der Waals surface area contributed by atoms with Crippen molar-refractivity contribution in [1.29, 1.82) is 0 Å². The van der Waals surface area contributed by atoms with Crippen molar-refractivity contribution in [3.63, 3.8) is 0 Å². The fourth-order valence-electron chi connectivity index (χ4n) is 7.22. The van der Waals surface area contributed by atoms with Crippen molar-refractivity contribution in [2.45, 2.75) is 84.5 Å². The Hall–Kier alpha value is -3.00. The van der Waals surface area contributed by atoms with E-state index in [1.165, 1.54) is 55.3 Å². The van der Waals surface area contributed by atoms with Gasteiger partial charge in [-0.3, -0.25) is 8.78 Å². The lowest BCUT2D eigenvalue weighted by atomic mass is 9.66. The lowest BCUT2D eigenvalue weighted by molar-refractivity contribution is 0.350. The molecule has 0 N–H and O–H groups in total. The molecule has 0 spiro atoms. The topological polar surface area (TPSA) is 0 Å². The summed E-state index contributed by atoms with van der Waals surface area (Å²) in [5.41, 5.74) is 9.87. The summed E-state index contributed by atoms with van der Waals surface area (Å²) in [6, 6.07) is 17.8. The number of alkyl halides is 2. The average Bonchev–Trinajstić information content (AvgIpc) is 3.21. The van der Waals surface area contributed by atoms with Crippen LogP contribution < -0.4 is 0 Å². The molecule has 6 rings (SSSR count). The van der Waals surface area contributed by atoms with Crippen LogP contribution in [-0.2, 0) is 10.8 Å². The highest BCUT2D eigenvalue weighted by Crippen LogP contribution is 2.62. The lowest BCUT2D eigenvalue weighted by Crippen LogP contribution is -2.30. The van der Waals surface area contributed by atoms with Crippen LogP contribution in [0.2, 0.25) is 0 Å². The summed E-state index contributed by atoms with van der Waals surface area (Å²) in [4.78, 5) is 0. The third-order valence-electron chi connectivity index (χ3n) is 8.61. The van der Waals surface area contributed by atoms with E-state index in [2.05, 4.69) is 86.7 Å². The Morgan fingerprint density at radius 2 is 1.44 bits per heavy atom. The predicted octanol–water partition coefficient (Wildman–Crippen LogP) is 11.2. The molecule has 0 fully saturated rings. The van der Waals surface area contributed by atoms with Gasteiger partial charge in [0.15, 0.2) is 0 Å². The number of allylic oxidation sites excluding steroid dienone is 6. The molecule has 0 nitrogen and oxygen atoms in total. The Kier molecular flexibility index (Phi) is 8.94. The van der Waals surface area contributed by atoms with Crippen LogP contribution >= 0.6 is 0 Å². The van der Waals surface area contributed by atoms with Gasteiger partial charge in [0.1, 0.15) is 0 Å². The Bertz CT molecular complexity index is 1410. The van der Waals surface area contributed by atoms with Gasteiger partial charge in [0.2, 0.25) is 0 Å². The quantitative estimate of drug-likeness (QED) is 0.300. The molecule has 0 heterocycles. The van der Waals surface area contributed by atoms with Gasteiger partial charge in [-0.25, -0.2) is 0 Å². The first kappa shape index (κ1) is 29.0. The van der Waals surface area contributed by atoms with Gasteiger partial charge in [-0.2, -0.15) is 0 Å². The highest BCUT2D eigenvalue weighted by molar-refractivity contribution is 6.04. The van der Waals surface area contributed by atoms with E-state index in [0.29, 0.717) is 25.7 Å². The molecular weight excluding hydrogens is 482 g/mol. The van der Waals surface area contributed by atoms with E-state index in [0.717, 1.165) is 6.42 Å². The zero-order chi connectivity index (χ0) is 28.2. The highest BCUT2D eigenvalue weighted by Gasteiger charge is 2.50. The number of hydrogen-bond acceptors (Lipinski definition) is 0. The second-order valence-corrected chi connectivity index (χ2v) is 10.8. The molecule has 3 aliphatic rings. The van der Waals surface area contributed by atoms with E-state index >= 15 is 0 Å². The molecule has 206 valence electrons. The number of rotatable bonds is 6. The maximum Gasteiger partial charge on any atom is 0.0894 e. The number of hydrogen-bond donors (Lipinski definition) is 0. The molecular formula is C37H44F2. The number of halogens is 2. The molecule has 0 atom stereocenters. The van der Waals surface area contributed by atoms with Gasteiger partial charge in [0.05, 0.1) is 13.3 Å². The molecule has 0 bridgehead atoms. The first-order chi connectivity index (χ1) is 19.0. The first-order valence-corrected chi connectivity index (χ1v) is 15.0. The first-order valence-electron chi connectivity index (χ1n) is 15.0. The summed E-state index contributed by atoms with van der Waals surface area (Å²) in [6.07, 6.45) is 12.1. The minimum absolute atomic E-state index is 0.197. The van der Waals surface area contributed by atoms with E-state index in [-0.39, 0.29) is 24.2 Å². The van der Waals surface area contributed by atoms with Gasteiger partial charge in [0.25, 0.3) is 0 Å². The van der Waals surface area contributed by atoms with Gasteiger partial charge in [-0.05, 0) is 87.4 Å². The van der Waals surface area contributed by atoms with Crippen LogP contribution in [0.4, 0.5) is 8.78 Å². The van der Waals surface area contributed by atoms with E-state index < -0.39 is 0 Å². The van der Waals surface area contributed by atoms with Gasteiger partial charge in [-0.1, -0.05) is 114 Å².